The van der Waals surface area contributed by atoms with E-state index in [2.05, 4.69) is 28.8 Å². The van der Waals surface area contributed by atoms with Crippen LogP contribution in [0.4, 0.5) is 17.3 Å². The quantitative estimate of drug-likeness (QED) is 0.370. The predicted octanol–water partition coefficient (Wildman–Crippen LogP) is 4.22. The number of anilines is 3. The van der Waals surface area contributed by atoms with Gasteiger partial charge in [-0.05, 0) is 29.8 Å². The molecule has 2 aromatic heterocycles. The number of para-hydroxylation sites is 2. The molecule has 2 aliphatic heterocycles. The summed E-state index contributed by atoms with van der Waals surface area (Å²) in [4.78, 5) is 9.12. The van der Waals surface area contributed by atoms with E-state index in [1.807, 2.05) is 66.7 Å². The fourth-order valence-corrected chi connectivity index (χ4v) is 5.04. The molecule has 0 bridgehead atoms. The maximum Gasteiger partial charge on any atom is 0.238 e. The van der Waals surface area contributed by atoms with Crippen molar-refractivity contribution in [3.63, 3.8) is 0 Å². The Morgan fingerprint density at radius 1 is 0.919 bits per heavy atom. The van der Waals surface area contributed by atoms with Crippen molar-refractivity contribution in [3.8, 4) is 17.4 Å². The highest BCUT2D eigenvalue weighted by atomic mass is 32.1. The van der Waals surface area contributed by atoms with E-state index in [4.69, 9.17) is 14.2 Å². The standard InChI is InChI=1S/C27H28N6O3S/c1-2-7-20(8-3-1)18-35-27-22(9-6-12-28-27)29-25-26(31-37-30-25)33-15-13-32(14-16-33)17-21-19-34-23-10-4-5-11-24(23)36-21/h1-12,21H,13-19H2,(H,29,30)/t21-/m0/s1. The van der Waals surface area contributed by atoms with Crippen LogP contribution in [-0.2, 0) is 6.61 Å². The summed E-state index contributed by atoms with van der Waals surface area (Å²) in [5.74, 6) is 3.75. The lowest BCUT2D eigenvalue weighted by Gasteiger charge is -2.37. The van der Waals surface area contributed by atoms with Crippen molar-refractivity contribution >= 4 is 29.1 Å². The minimum Gasteiger partial charge on any atom is -0.486 e. The lowest BCUT2D eigenvalue weighted by Crippen LogP contribution is -2.50. The Kier molecular flexibility index (Phi) is 7.00. The van der Waals surface area contributed by atoms with Crippen LogP contribution in [0.2, 0.25) is 0 Å². The van der Waals surface area contributed by atoms with E-state index in [0.29, 0.717) is 19.1 Å². The molecule has 1 saturated heterocycles. The fourth-order valence-electron chi connectivity index (χ4n) is 4.51. The summed E-state index contributed by atoms with van der Waals surface area (Å²) < 4.78 is 27.2. The first-order valence-corrected chi connectivity index (χ1v) is 13.1. The van der Waals surface area contributed by atoms with Gasteiger partial charge < -0.3 is 24.4 Å². The highest BCUT2D eigenvalue weighted by molar-refractivity contribution is 6.99. The van der Waals surface area contributed by atoms with E-state index < -0.39 is 0 Å². The first-order chi connectivity index (χ1) is 18.3. The Morgan fingerprint density at radius 3 is 2.59 bits per heavy atom. The van der Waals surface area contributed by atoms with Crippen LogP contribution in [0.15, 0.2) is 72.9 Å². The number of benzene rings is 2. The van der Waals surface area contributed by atoms with Gasteiger partial charge in [0.2, 0.25) is 5.88 Å². The van der Waals surface area contributed by atoms with Crippen LogP contribution >= 0.6 is 11.7 Å². The van der Waals surface area contributed by atoms with Crippen molar-refractivity contribution in [3.05, 3.63) is 78.5 Å². The van der Waals surface area contributed by atoms with Crippen molar-refractivity contribution in [2.75, 3.05) is 49.5 Å². The molecule has 2 aromatic carbocycles. The van der Waals surface area contributed by atoms with Gasteiger partial charge in [0.05, 0.1) is 11.7 Å². The average molecular weight is 517 g/mol. The Balaban J connectivity index is 1.05. The van der Waals surface area contributed by atoms with E-state index in [-0.39, 0.29) is 6.10 Å². The summed E-state index contributed by atoms with van der Waals surface area (Å²) >= 11 is 1.20. The third-order valence-electron chi connectivity index (χ3n) is 6.41. The zero-order chi connectivity index (χ0) is 24.9. The van der Waals surface area contributed by atoms with Gasteiger partial charge in [0.15, 0.2) is 23.1 Å². The van der Waals surface area contributed by atoms with Gasteiger partial charge in [-0.1, -0.05) is 42.5 Å². The Bertz CT molecular complexity index is 1310. The number of hydrogen-bond donors (Lipinski definition) is 1. The van der Waals surface area contributed by atoms with Gasteiger partial charge >= 0.3 is 0 Å². The Hall–Kier alpha value is -3.89. The van der Waals surface area contributed by atoms with Gasteiger partial charge in [-0.2, -0.15) is 8.75 Å². The largest absolute Gasteiger partial charge is 0.486 e. The molecular formula is C27H28N6O3S. The molecule has 6 rings (SSSR count). The number of rotatable bonds is 8. The molecule has 0 unspecified atom stereocenters. The summed E-state index contributed by atoms with van der Waals surface area (Å²) in [6, 6.07) is 21.7. The molecule has 0 saturated carbocycles. The fraction of sp³-hybridized carbons (Fsp3) is 0.296. The van der Waals surface area contributed by atoms with Crippen LogP contribution in [0.25, 0.3) is 0 Å². The second kappa shape index (κ2) is 11.0. The third-order valence-corrected chi connectivity index (χ3v) is 6.93. The Morgan fingerprint density at radius 2 is 1.73 bits per heavy atom. The molecule has 10 heteroatoms. The highest BCUT2D eigenvalue weighted by Crippen LogP contribution is 2.33. The summed E-state index contributed by atoms with van der Waals surface area (Å²) in [7, 11) is 0. The zero-order valence-corrected chi connectivity index (χ0v) is 21.1. The van der Waals surface area contributed by atoms with Crippen molar-refractivity contribution in [2.24, 2.45) is 0 Å². The van der Waals surface area contributed by atoms with Gasteiger partial charge in [0.1, 0.15) is 25.0 Å². The molecule has 9 nitrogen and oxygen atoms in total. The molecule has 2 aliphatic rings. The van der Waals surface area contributed by atoms with Crippen LogP contribution in [0, 0.1) is 0 Å². The van der Waals surface area contributed by atoms with E-state index in [1.54, 1.807) is 6.20 Å². The number of aromatic nitrogens is 3. The monoisotopic (exact) mass is 516 g/mol. The molecular weight excluding hydrogens is 488 g/mol. The number of piperazine rings is 1. The molecule has 0 spiro atoms. The maximum absolute atomic E-state index is 6.15. The molecule has 0 amide bonds. The molecule has 1 fully saturated rings. The van der Waals surface area contributed by atoms with Gasteiger partial charge in [-0.25, -0.2) is 4.98 Å². The summed E-state index contributed by atoms with van der Waals surface area (Å²) in [5, 5.41) is 3.40. The first-order valence-electron chi connectivity index (χ1n) is 12.4. The topological polar surface area (TPSA) is 84.9 Å². The Labute approximate surface area is 220 Å². The minimum absolute atomic E-state index is 0.0273. The van der Waals surface area contributed by atoms with E-state index in [9.17, 15) is 0 Å². The number of ether oxygens (including phenoxy) is 3. The average Bonchev–Trinajstić information content (AvgIpc) is 3.41. The lowest BCUT2D eigenvalue weighted by atomic mass is 10.2. The van der Waals surface area contributed by atoms with Crippen molar-refractivity contribution < 1.29 is 14.2 Å². The summed E-state index contributed by atoms with van der Waals surface area (Å²) in [6.45, 7) is 5.39. The van der Waals surface area contributed by atoms with Crippen molar-refractivity contribution in [1.29, 1.82) is 0 Å². The van der Waals surface area contributed by atoms with Crippen molar-refractivity contribution in [2.45, 2.75) is 12.7 Å². The van der Waals surface area contributed by atoms with Gasteiger partial charge in [0.25, 0.3) is 0 Å². The van der Waals surface area contributed by atoms with Gasteiger partial charge in [-0.15, -0.1) is 0 Å². The van der Waals surface area contributed by atoms with Crippen LogP contribution in [0.3, 0.4) is 0 Å². The summed E-state index contributed by atoms with van der Waals surface area (Å²) in [6.07, 6.45) is 1.75. The molecule has 1 N–H and O–H groups in total. The molecule has 0 radical (unpaired) electrons. The second-order valence-corrected chi connectivity index (χ2v) is 9.51. The number of pyridine rings is 1. The van der Waals surface area contributed by atoms with E-state index in [0.717, 1.165) is 67.1 Å². The molecule has 4 heterocycles. The van der Waals surface area contributed by atoms with Crippen molar-refractivity contribution in [1.82, 2.24) is 18.6 Å². The highest BCUT2D eigenvalue weighted by Gasteiger charge is 2.27. The van der Waals surface area contributed by atoms with Crippen LogP contribution in [0.5, 0.6) is 17.4 Å². The predicted molar refractivity (Wildman–Crippen MR) is 143 cm³/mol. The molecule has 0 aliphatic carbocycles. The lowest BCUT2D eigenvalue weighted by molar-refractivity contribution is 0.0571. The van der Waals surface area contributed by atoms with Crippen LogP contribution in [0.1, 0.15) is 5.56 Å². The number of nitrogens with zero attached hydrogens (tertiary/aromatic N) is 5. The van der Waals surface area contributed by atoms with Crippen LogP contribution in [-0.4, -0.2) is 64.1 Å². The first kappa shape index (κ1) is 23.5. The third kappa shape index (κ3) is 5.60. The zero-order valence-electron chi connectivity index (χ0n) is 20.3. The number of fused-ring (bicyclic) bond motifs is 1. The van der Waals surface area contributed by atoms with Gasteiger partial charge in [0, 0.05) is 38.9 Å². The minimum atomic E-state index is 0.0273. The maximum atomic E-state index is 6.15. The van der Waals surface area contributed by atoms with E-state index >= 15 is 0 Å². The SMILES string of the molecule is c1ccc(COc2ncccc2Nc2nsnc2N2CCN(C[C@H]3COc4ccccc4O3)CC2)cc1. The molecule has 37 heavy (non-hydrogen) atoms. The second-order valence-electron chi connectivity index (χ2n) is 8.98. The normalized spacial score (nSPS) is 17.4. The number of hydrogen-bond acceptors (Lipinski definition) is 10. The smallest absolute Gasteiger partial charge is 0.238 e. The molecule has 4 aromatic rings. The summed E-state index contributed by atoms with van der Waals surface area (Å²) in [5.41, 5.74) is 1.85. The number of nitrogens with one attached hydrogen (secondary N) is 1. The van der Waals surface area contributed by atoms with Gasteiger partial charge in [-0.3, -0.25) is 4.90 Å². The molecule has 190 valence electrons. The molecule has 1 atom stereocenters. The van der Waals surface area contributed by atoms with E-state index in [1.165, 1.54) is 11.7 Å². The van der Waals surface area contributed by atoms with Crippen LogP contribution < -0.4 is 24.4 Å².